The van der Waals surface area contributed by atoms with E-state index in [0.717, 1.165) is 32.5 Å². The summed E-state index contributed by atoms with van der Waals surface area (Å²) in [6.07, 6.45) is 6.09. The van der Waals surface area contributed by atoms with Crippen molar-refractivity contribution in [2.45, 2.75) is 38.2 Å². The summed E-state index contributed by atoms with van der Waals surface area (Å²) in [7, 11) is 1.92. The number of ether oxygens (including phenoxy) is 1. The summed E-state index contributed by atoms with van der Waals surface area (Å²) < 4.78 is 5.63. The lowest BCUT2D eigenvalue weighted by atomic mass is 9.88. The van der Waals surface area contributed by atoms with Crippen LogP contribution in [0.25, 0.3) is 0 Å². The van der Waals surface area contributed by atoms with Crippen LogP contribution in [0.1, 0.15) is 32.1 Å². The van der Waals surface area contributed by atoms with E-state index < -0.39 is 0 Å². The number of amides is 1. The summed E-state index contributed by atoms with van der Waals surface area (Å²) in [5.41, 5.74) is 0. The van der Waals surface area contributed by atoms with Gasteiger partial charge in [0, 0.05) is 25.6 Å². The molecule has 2 rings (SSSR count). The van der Waals surface area contributed by atoms with Gasteiger partial charge in [-0.3, -0.25) is 4.79 Å². The Labute approximate surface area is 104 Å². The quantitative estimate of drug-likeness (QED) is 0.800. The van der Waals surface area contributed by atoms with E-state index in [0.29, 0.717) is 12.5 Å². The second-order valence-electron chi connectivity index (χ2n) is 5.17. The fourth-order valence-electron chi connectivity index (χ4n) is 2.88. The van der Waals surface area contributed by atoms with Crippen molar-refractivity contribution in [2.24, 2.45) is 5.92 Å². The average molecular weight is 240 g/mol. The van der Waals surface area contributed by atoms with Gasteiger partial charge in [0.05, 0.1) is 12.7 Å². The van der Waals surface area contributed by atoms with Gasteiger partial charge in [-0.05, 0) is 19.9 Å². The summed E-state index contributed by atoms with van der Waals surface area (Å²) in [6.45, 7) is 3.05. The molecule has 1 N–H and O–H groups in total. The zero-order chi connectivity index (χ0) is 12.1. The van der Waals surface area contributed by atoms with E-state index in [1.165, 1.54) is 19.3 Å². The van der Waals surface area contributed by atoms with Gasteiger partial charge in [-0.25, -0.2) is 0 Å². The summed E-state index contributed by atoms with van der Waals surface area (Å²) in [4.78, 5) is 14.4. The van der Waals surface area contributed by atoms with Gasteiger partial charge in [-0.1, -0.05) is 19.3 Å². The maximum atomic E-state index is 12.4. The number of morpholine rings is 1. The average Bonchev–Trinajstić information content (AvgIpc) is 2.40. The monoisotopic (exact) mass is 240 g/mol. The molecule has 1 amide bonds. The van der Waals surface area contributed by atoms with Crippen LogP contribution in [0.2, 0.25) is 0 Å². The first-order valence-corrected chi connectivity index (χ1v) is 6.86. The minimum Gasteiger partial charge on any atom is -0.373 e. The van der Waals surface area contributed by atoms with Crippen LogP contribution in [0, 0.1) is 5.92 Å². The lowest BCUT2D eigenvalue weighted by molar-refractivity contribution is -0.143. The highest BCUT2D eigenvalue weighted by molar-refractivity contribution is 5.79. The van der Waals surface area contributed by atoms with E-state index in [4.69, 9.17) is 4.74 Å². The summed E-state index contributed by atoms with van der Waals surface area (Å²) >= 11 is 0. The maximum absolute atomic E-state index is 12.4. The second kappa shape index (κ2) is 6.36. The van der Waals surface area contributed by atoms with Gasteiger partial charge in [0.1, 0.15) is 0 Å². The standard InChI is InChI=1S/C13H24N2O2/c1-14-9-12-10-15(7-8-17-12)13(16)11-5-3-2-4-6-11/h11-12,14H,2-10H2,1H3. The molecule has 0 aromatic carbocycles. The molecule has 4 heteroatoms. The third kappa shape index (κ3) is 3.42. The molecule has 1 unspecified atom stereocenters. The van der Waals surface area contributed by atoms with Gasteiger partial charge in [-0.2, -0.15) is 0 Å². The topological polar surface area (TPSA) is 41.6 Å². The summed E-state index contributed by atoms with van der Waals surface area (Å²) in [5, 5.41) is 3.11. The zero-order valence-corrected chi connectivity index (χ0v) is 10.8. The van der Waals surface area contributed by atoms with Crippen LogP contribution in [0.4, 0.5) is 0 Å². The molecular formula is C13H24N2O2. The summed E-state index contributed by atoms with van der Waals surface area (Å²) in [5.74, 6) is 0.659. The van der Waals surface area contributed by atoms with Crippen LogP contribution in [-0.2, 0) is 9.53 Å². The third-order valence-electron chi connectivity index (χ3n) is 3.84. The maximum Gasteiger partial charge on any atom is 0.225 e. The molecule has 0 bridgehead atoms. The van der Waals surface area contributed by atoms with Crippen molar-refractivity contribution in [2.75, 3.05) is 33.3 Å². The van der Waals surface area contributed by atoms with Crippen LogP contribution >= 0.6 is 0 Å². The number of hydrogen-bond acceptors (Lipinski definition) is 3. The number of nitrogens with zero attached hydrogens (tertiary/aromatic N) is 1. The van der Waals surface area contributed by atoms with E-state index in [1.807, 2.05) is 11.9 Å². The molecule has 2 aliphatic rings. The Morgan fingerprint density at radius 2 is 2.12 bits per heavy atom. The molecule has 17 heavy (non-hydrogen) atoms. The normalized spacial score (nSPS) is 27.1. The smallest absolute Gasteiger partial charge is 0.225 e. The second-order valence-corrected chi connectivity index (χ2v) is 5.17. The molecule has 1 saturated heterocycles. The van der Waals surface area contributed by atoms with Crippen LogP contribution in [-0.4, -0.2) is 50.2 Å². The number of carbonyl (C=O) groups excluding carboxylic acids is 1. The Morgan fingerprint density at radius 3 is 2.82 bits per heavy atom. The van der Waals surface area contributed by atoms with Crippen molar-refractivity contribution in [3.8, 4) is 0 Å². The highest BCUT2D eigenvalue weighted by Gasteiger charge is 2.29. The Bertz CT molecular complexity index is 250. The first-order valence-electron chi connectivity index (χ1n) is 6.86. The molecule has 1 saturated carbocycles. The van der Waals surface area contributed by atoms with Crippen molar-refractivity contribution in [1.29, 1.82) is 0 Å². The molecule has 98 valence electrons. The van der Waals surface area contributed by atoms with E-state index in [1.54, 1.807) is 0 Å². The van der Waals surface area contributed by atoms with Crippen LogP contribution < -0.4 is 5.32 Å². The van der Waals surface area contributed by atoms with Crippen LogP contribution in [0.3, 0.4) is 0 Å². The first kappa shape index (κ1) is 12.8. The number of likely N-dealkylation sites (N-methyl/N-ethyl adjacent to an activating group) is 1. The fraction of sp³-hybridized carbons (Fsp3) is 0.923. The SMILES string of the molecule is CNCC1CN(C(=O)C2CCCCC2)CCO1. The van der Waals surface area contributed by atoms with E-state index >= 15 is 0 Å². The number of nitrogens with one attached hydrogen (secondary N) is 1. The molecule has 4 nitrogen and oxygen atoms in total. The Balaban J connectivity index is 1.85. The van der Waals surface area contributed by atoms with Crippen molar-refractivity contribution >= 4 is 5.91 Å². The van der Waals surface area contributed by atoms with Gasteiger partial charge in [0.2, 0.25) is 5.91 Å². The molecule has 1 aliphatic carbocycles. The fourth-order valence-corrected chi connectivity index (χ4v) is 2.88. The number of rotatable bonds is 3. The molecule has 1 heterocycles. The molecule has 0 radical (unpaired) electrons. The molecule has 0 aromatic heterocycles. The van der Waals surface area contributed by atoms with Gasteiger partial charge in [-0.15, -0.1) is 0 Å². The zero-order valence-electron chi connectivity index (χ0n) is 10.8. The predicted molar refractivity (Wildman–Crippen MR) is 66.8 cm³/mol. The molecule has 2 fully saturated rings. The van der Waals surface area contributed by atoms with Gasteiger partial charge in [0.25, 0.3) is 0 Å². The minimum atomic E-state index is 0.168. The lowest BCUT2D eigenvalue weighted by Crippen LogP contribution is -2.50. The molecule has 1 atom stereocenters. The largest absolute Gasteiger partial charge is 0.373 e. The number of carbonyl (C=O) groups is 1. The van der Waals surface area contributed by atoms with E-state index in [2.05, 4.69) is 5.32 Å². The highest BCUT2D eigenvalue weighted by atomic mass is 16.5. The Morgan fingerprint density at radius 1 is 1.35 bits per heavy atom. The van der Waals surface area contributed by atoms with Crippen molar-refractivity contribution in [1.82, 2.24) is 10.2 Å². The van der Waals surface area contributed by atoms with Gasteiger partial charge in [0.15, 0.2) is 0 Å². The lowest BCUT2D eigenvalue weighted by Gasteiger charge is -2.35. The Kier molecular flexibility index (Phi) is 4.80. The molecular weight excluding hydrogens is 216 g/mol. The van der Waals surface area contributed by atoms with Crippen LogP contribution in [0.5, 0.6) is 0 Å². The number of hydrogen-bond donors (Lipinski definition) is 1. The molecule has 0 spiro atoms. The summed E-state index contributed by atoms with van der Waals surface area (Å²) in [6, 6.07) is 0. The first-order chi connectivity index (χ1) is 8.31. The van der Waals surface area contributed by atoms with E-state index in [9.17, 15) is 4.79 Å². The third-order valence-corrected chi connectivity index (χ3v) is 3.84. The minimum absolute atomic E-state index is 0.168. The molecule has 1 aliphatic heterocycles. The predicted octanol–water partition coefficient (Wildman–Crippen LogP) is 1.01. The van der Waals surface area contributed by atoms with Gasteiger partial charge < -0.3 is 15.0 Å². The van der Waals surface area contributed by atoms with E-state index in [-0.39, 0.29) is 12.0 Å². The molecule has 0 aromatic rings. The van der Waals surface area contributed by atoms with Crippen molar-refractivity contribution in [3.63, 3.8) is 0 Å². The Hall–Kier alpha value is -0.610. The van der Waals surface area contributed by atoms with Gasteiger partial charge >= 0.3 is 0 Å². The van der Waals surface area contributed by atoms with Crippen molar-refractivity contribution in [3.05, 3.63) is 0 Å². The van der Waals surface area contributed by atoms with Crippen LogP contribution in [0.15, 0.2) is 0 Å². The van der Waals surface area contributed by atoms with Crippen molar-refractivity contribution < 1.29 is 9.53 Å². The highest BCUT2D eigenvalue weighted by Crippen LogP contribution is 2.26.